The molecule has 0 radical (unpaired) electrons. The van der Waals surface area contributed by atoms with Gasteiger partial charge in [-0.3, -0.25) is 9.89 Å². The van der Waals surface area contributed by atoms with Crippen LogP contribution in [0.3, 0.4) is 0 Å². The highest BCUT2D eigenvalue weighted by Gasteiger charge is 2.36. The zero-order valence-electron chi connectivity index (χ0n) is 12.7. The number of aromatic nitrogens is 2. The predicted molar refractivity (Wildman–Crippen MR) is 78.7 cm³/mol. The third-order valence-electron chi connectivity index (χ3n) is 4.37. The van der Waals surface area contributed by atoms with Crippen LogP contribution in [0.2, 0.25) is 0 Å². The highest BCUT2D eigenvalue weighted by atomic mass is 16.5. The van der Waals surface area contributed by atoms with Crippen LogP contribution in [-0.4, -0.2) is 59.5 Å². The molecule has 0 unspecified atom stereocenters. The standard InChI is InChI=1S/C15H25N3O3/c1-21-8-6-15(12-19)5-2-7-18(11-15)14(20)4-3-13-9-16-17-10-13/h9-10,19H,2-8,11-12H2,1H3,(H,16,17)/t15-/m0/s1. The number of aliphatic hydroxyl groups is 1. The molecule has 118 valence electrons. The van der Waals surface area contributed by atoms with Gasteiger partial charge < -0.3 is 14.7 Å². The van der Waals surface area contributed by atoms with Crippen LogP contribution in [0.5, 0.6) is 0 Å². The summed E-state index contributed by atoms with van der Waals surface area (Å²) in [6.45, 7) is 2.16. The molecule has 21 heavy (non-hydrogen) atoms. The van der Waals surface area contributed by atoms with Crippen molar-refractivity contribution in [3.8, 4) is 0 Å². The second-order valence-corrected chi connectivity index (χ2v) is 5.93. The normalized spacial score (nSPS) is 22.5. The van der Waals surface area contributed by atoms with Gasteiger partial charge >= 0.3 is 0 Å². The predicted octanol–water partition coefficient (Wildman–Crippen LogP) is 0.980. The summed E-state index contributed by atoms with van der Waals surface area (Å²) in [5.41, 5.74) is 0.854. The minimum Gasteiger partial charge on any atom is -0.396 e. The van der Waals surface area contributed by atoms with Crippen LogP contribution in [-0.2, 0) is 16.0 Å². The summed E-state index contributed by atoms with van der Waals surface area (Å²) in [4.78, 5) is 14.3. The smallest absolute Gasteiger partial charge is 0.222 e. The van der Waals surface area contributed by atoms with E-state index in [2.05, 4.69) is 10.2 Å². The Bertz CT molecular complexity index is 435. The maximum absolute atomic E-state index is 12.4. The van der Waals surface area contributed by atoms with Crippen LogP contribution >= 0.6 is 0 Å². The number of nitrogens with one attached hydrogen (secondary N) is 1. The van der Waals surface area contributed by atoms with Crippen LogP contribution in [0, 0.1) is 5.41 Å². The number of likely N-dealkylation sites (tertiary alicyclic amines) is 1. The van der Waals surface area contributed by atoms with Gasteiger partial charge in [0.05, 0.1) is 12.8 Å². The van der Waals surface area contributed by atoms with Crippen molar-refractivity contribution in [2.24, 2.45) is 5.41 Å². The summed E-state index contributed by atoms with van der Waals surface area (Å²) in [5.74, 6) is 0.158. The summed E-state index contributed by atoms with van der Waals surface area (Å²) < 4.78 is 5.14. The number of piperidine rings is 1. The molecule has 0 aromatic carbocycles. The zero-order chi connectivity index (χ0) is 15.1. The second kappa shape index (κ2) is 7.56. The molecule has 1 atom stereocenters. The average molecular weight is 295 g/mol. The van der Waals surface area contributed by atoms with E-state index >= 15 is 0 Å². The molecule has 2 heterocycles. The molecule has 6 nitrogen and oxygen atoms in total. The molecule has 1 aromatic rings. The van der Waals surface area contributed by atoms with Crippen molar-refractivity contribution < 1.29 is 14.6 Å². The minimum atomic E-state index is -0.195. The van der Waals surface area contributed by atoms with Crippen molar-refractivity contribution in [1.82, 2.24) is 15.1 Å². The van der Waals surface area contributed by atoms with Crippen LogP contribution in [0.1, 0.15) is 31.2 Å². The van der Waals surface area contributed by atoms with Gasteiger partial charge in [-0.05, 0) is 31.2 Å². The van der Waals surface area contributed by atoms with Gasteiger partial charge in [0.25, 0.3) is 0 Å². The lowest BCUT2D eigenvalue weighted by atomic mass is 9.78. The molecule has 0 saturated carbocycles. The number of amides is 1. The fraction of sp³-hybridized carbons (Fsp3) is 0.733. The van der Waals surface area contributed by atoms with E-state index in [1.54, 1.807) is 13.3 Å². The Labute approximate surface area is 125 Å². The molecular weight excluding hydrogens is 270 g/mol. The van der Waals surface area contributed by atoms with Crippen molar-refractivity contribution in [1.29, 1.82) is 0 Å². The van der Waals surface area contributed by atoms with E-state index in [0.29, 0.717) is 26.0 Å². The lowest BCUT2D eigenvalue weighted by molar-refractivity contribution is -0.136. The number of nitrogens with zero attached hydrogens (tertiary/aromatic N) is 2. The van der Waals surface area contributed by atoms with E-state index in [0.717, 1.165) is 31.4 Å². The Kier molecular flexibility index (Phi) is 5.76. The largest absolute Gasteiger partial charge is 0.396 e. The molecule has 2 rings (SSSR count). The van der Waals surface area contributed by atoms with Crippen molar-refractivity contribution in [3.63, 3.8) is 0 Å². The van der Waals surface area contributed by atoms with E-state index < -0.39 is 0 Å². The van der Waals surface area contributed by atoms with E-state index in [9.17, 15) is 9.90 Å². The number of carbonyl (C=O) groups excluding carboxylic acids is 1. The molecule has 0 spiro atoms. The third-order valence-corrected chi connectivity index (χ3v) is 4.37. The van der Waals surface area contributed by atoms with Gasteiger partial charge in [-0.1, -0.05) is 0 Å². The molecule has 2 N–H and O–H groups in total. The van der Waals surface area contributed by atoms with Gasteiger partial charge in [-0.2, -0.15) is 5.10 Å². The highest BCUT2D eigenvalue weighted by Crippen LogP contribution is 2.33. The van der Waals surface area contributed by atoms with Crippen LogP contribution in [0.15, 0.2) is 12.4 Å². The molecule has 1 saturated heterocycles. The number of aryl methyl sites for hydroxylation is 1. The fourth-order valence-corrected chi connectivity index (χ4v) is 2.98. The molecule has 1 aromatic heterocycles. The third kappa shape index (κ3) is 4.28. The van der Waals surface area contributed by atoms with Crippen LogP contribution < -0.4 is 0 Å². The van der Waals surface area contributed by atoms with Crippen molar-refractivity contribution in [3.05, 3.63) is 18.0 Å². The maximum Gasteiger partial charge on any atom is 0.222 e. The van der Waals surface area contributed by atoms with Crippen LogP contribution in [0.25, 0.3) is 0 Å². The molecule has 1 amide bonds. The van der Waals surface area contributed by atoms with E-state index in [1.807, 2.05) is 11.1 Å². The van der Waals surface area contributed by atoms with Gasteiger partial charge in [-0.15, -0.1) is 0 Å². The summed E-state index contributed by atoms with van der Waals surface area (Å²) >= 11 is 0. The van der Waals surface area contributed by atoms with Crippen LogP contribution in [0.4, 0.5) is 0 Å². The maximum atomic E-state index is 12.4. The van der Waals surface area contributed by atoms with Crippen molar-refractivity contribution in [2.45, 2.75) is 32.1 Å². The Balaban J connectivity index is 1.88. The lowest BCUT2D eigenvalue weighted by Crippen LogP contribution is -2.48. The number of methoxy groups -OCH3 is 1. The Hall–Kier alpha value is -1.40. The molecule has 1 aliphatic rings. The lowest BCUT2D eigenvalue weighted by Gasteiger charge is -2.42. The first kappa shape index (κ1) is 16.0. The molecular formula is C15H25N3O3. The first-order valence-corrected chi connectivity index (χ1v) is 7.54. The summed E-state index contributed by atoms with van der Waals surface area (Å²) in [5, 5.41) is 16.4. The number of H-pyrrole nitrogens is 1. The van der Waals surface area contributed by atoms with Gasteiger partial charge in [0, 0.05) is 44.8 Å². The quantitative estimate of drug-likeness (QED) is 0.786. The Morgan fingerprint density at radius 1 is 1.62 bits per heavy atom. The summed E-state index contributed by atoms with van der Waals surface area (Å²) in [7, 11) is 1.67. The first-order valence-electron chi connectivity index (χ1n) is 7.54. The second-order valence-electron chi connectivity index (χ2n) is 5.93. The van der Waals surface area contributed by atoms with Crippen molar-refractivity contribution >= 4 is 5.91 Å². The number of hydrogen-bond acceptors (Lipinski definition) is 4. The number of aromatic amines is 1. The van der Waals surface area contributed by atoms with Gasteiger partial charge in [-0.25, -0.2) is 0 Å². The molecule has 6 heteroatoms. The Morgan fingerprint density at radius 2 is 2.48 bits per heavy atom. The number of hydrogen-bond donors (Lipinski definition) is 2. The molecule has 0 bridgehead atoms. The summed E-state index contributed by atoms with van der Waals surface area (Å²) in [6.07, 6.45) is 7.47. The average Bonchev–Trinajstić information content (AvgIpc) is 3.04. The van der Waals surface area contributed by atoms with Gasteiger partial charge in [0.2, 0.25) is 5.91 Å². The Morgan fingerprint density at radius 3 is 3.14 bits per heavy atom. The topological polar surface area (TPSA) is 78.5 Å². The molecule has 1 fully saturated rings. The SMILES string of the molecule is COCC[C@@]1(CO)CCCN(C(=O)CCc2cn[nH]c2)C1. The van der Waals surface area contributed by atoms with E-state index in [1.165, 1.54) is 0 Å². The van der Waals surface area contributed by atoms with Gasteiger partial charge in [0.15, 0.2) is 0 Å². The fourth-order valence-electron chi connectivity index (χ4n) is 2.98. The van der Waals surface area contributed by atoms with Crippen molar-refractivity contribution in [2.75, 3.05) is 33.4 Å². The molecule has 0 aliphatic carbocycles. The van der Waals surface area contributed by atoms with Gasteiger partial charge in [0.1, 0.15) is 0 Å². The monoisotopic (exact) mass is 295 g/mol. The first-order chi connectivity index (χ1) is 10.2. The summed E-state index contributed by atoms with van der Waals surface area (Å²) in [6, 6.07) is 0. The number of rotatable bonds is 7. The number of ether oxygens (including phenoxy) is 1. The van der Waals surface area contributed by atoms with E-state index in [4.69, 9.17) is 4.74 Å². The minimum absolute atomic E-state index is 0.113. The van der Waals surface area contributed by atoms with E-state index in [-0.39, 0.29) is 17.9 Å². The number of carbonyl (C=O) groups is 1. The number of aliphatic hydroxyl groups excluding tert-OH is 1. The zero-order valence-corrected chi connectivity index (χ0v) is 12.7. The molecule has 1 aliphatic heterocycles. The highest BCUT2D eigenvalue weighted by molar-refractivity contribution is 5.76.